The van der Waals surface area contributed by atoms with Crippen LogP contribution in [0.15, 0.2) is 61.1 Å². The lowest BCUT2D eigenvalue weighted by atomic mass is 9.95. The highest BCUT2D eigenvalue weighted by Gasteiger charge is 2.22. The molecule has 2 N–H and O–H groups in total. The second-order valence-corrected chi connectivity index (χ2v) is 7.13. The van der Waals surface area contributed by atoms with Crippen molar-refractivity contribution in [2.24, 2.45) is 0 Å². The van der Waals surface area contributed by atoms with Gasteiger partial charge in [-0.3, -0.25) is 4.79 Å². The highest BCUT2D eigenvalue weighted by molar-refractivity contribution is 6.07. The number of aromatic nitrogens is 5. The Bertz CT molecular complexity index is 1140. The van der Waals surface area contributed by atoms with Crippen LogP contribution in [-0.2, 0) is 0 Å². The number of benzene rings is 1. The normalized spacial score (nSPS) is 14.9. The van der Waals surface area contributed by atoms with Crippen molar-refractivity contribution < 1.29 is 4.79 Å². The number of amides is 1. The molecule has 0 bridgehead atoms. The number of para-hydroxylation sites is 1. The number of anilines is 1. The summed E-state index contributed by atoms with van der Waals surface area (Å²) in [5.74, 6) is 0.771. The maximum Gasteiger partial charge on any atom is 0.262 e. The summed E-state index contributed by atoms with van der Waals surface area (Å²) in [6.07, 6.45) is 7.03. The smallest absolute Gasteiger partial charge is 0.262 e. The monoisotopic (exact) mass is 387 g/mol. The molecule has 1 aliphatic heterocycles. The van der Waals surface area contributed by atoms with Crippen LogP contribution in [0.2, 0.25) is 0 Å². The van der Waals surface area contributed by atoms with Crippen LogP contribution in [0.1, 0.15) is 34.8 Å². The van der Waals surface area contributed by atoms with E-state index in [0.717, 1.165) is 37.3 Å². The molecule has 0 atom stereocenters. The molecule has 0 spiro atoms. The van der Waals surface area contributed by atoms with Gasteiger partial charge < -0.3 is 10.6 Å². The maximum atomic E-state index is 13.0. The van der Waals surface area contributed by atoms with Crippen molar-refractivity contribution in [1.29, 1.82) is 0 Å². The molecule has 0 saturated carbocycles. The van der Waals surface area contributed by atoms with E-state index in [1.165, 1.54) is 6.20 Å². The van der Waals surface area contributed by atoms with E-state index in [1.807, 2.05) is 36.4 Å². The number of nitrogens with zero attached hydrogens (tertiary/aromatic N) is 5. The predicted octanol–water partition coefficient (Wildman–Crippen LogP) is 2.63. The van der Waals surface area contributed by atoms with E-state index in [1.54, 1.807) is 27.7 Å². The van der Waals surface area contributed by atoms with E-state index in [9.17, 15) is 4.79 Å². The third-order valence-electron chi connectivity index (χ3n) is 5.25. The lowest BCUT2D eigenvalue weighted by Crippen LogP contribution is -2.26. The molecule has 5 rings (SSSR count). The molecule has 4 aromatic rings. The molecule has 8 heteroatoms. The van der Waals surface area contributed by atoms with Gasteiger partial charge in [0.15, 0.2) is 5.65 Å². The first kappa shape index (κ1) is 17.6. The largest absolute Gasteiger partial charge is 0.317 e. The van der Waals surface area contributed by atoms with E-state index in [4.69, 9.17) is 5.10 Å². The summed E-state index contributed by atoms with van der Waals surface area (Å²) >= 11 is 0. The number of piperidine rings is 1. The van der Waals surface area contributed by atoms with Crippen LogP contribution in [0.5, 0.6) is 0 Å². The van der Waals surface area contributed by atoms with Crippen molar-refractivity contribution >= 4 is 17.4 Å². The maximum absolute atomic E-state index is 13.0. The number of carbonyl (C=O) groups excluding carboxylic acids is 1. The highest BCUT2D eigenvalue weighted by atomic mass is 16.1. The summed E-state index contributed by atoms with van der Waals surface area (Å²) in [7, 11) is 0. The number of rotatable bonds is 4. The van der Waals surface area contributed by atoms with E-state index in [2.05, 4.69) is 20.7 Å². The summed E-state index contributed by atoms with van der Waals surface area (Å²) in [6.45, 7) is 1.97. The van der Waals surface area contributed by atoms with Crippen LogP contribution in [0.4, 0.5) is 5.82 Å². The van der Waals surface area contributed by atoms with Crippen molar-refractivity contribution in [1.82, 2.24) is 29.7 Å². The molecule has 0 radical (unpaired) electrons. The first-order valence-electron chi connectivity index (χ1n) is 9.75. The Morgan fingerprint density at radius 3 is 2.79 bits per heavy atom. The molecule has 1 aromatic carbocycles. The minimum atomic E-state index is -0.257. The minimum absolute atomic E-state index is 0.257. The van der Waals surface area contributed by atoms with Gasteiger partial charge >= 0.3 is 0 Å². The summed E-state index contributed by atoms with van der Waals surface area (Å²) in [6, 6.07) is 13.6. The van der Waals surface area contributed by atoms with Gasteiger partial charge in [-0.15, -0.1) is 0 Å². The Kier molecular flexibility index (Phi) is 4.53. The number of nitrogens with one attached hydrogen (secondary N) is 2. The van der Waals surface area contributed by atoms with Crippen molar-refractivity contribution in [2.75, 3.05) is 18.4 Å². The van der Waals surface area contributed by atoms with Gasteiger partial charge in [0.1, 0.15) is 11.4 Å². The fourth-order valence-corrected chi connectivity index (χ4v) is 3.74. The summed E-state index contributed by atoms with van der Waals surface area (Å²) in [5.41, 5.74) is 2.86. The Hall–Kier alpha value is -3.52. The van der Waals surface area contributed by atoms with Crippen molar-refractivity contribution in [3.63, 3.8) is 0 Å². The molecule has 29 heavy (non-hydrogen) atoms. The summed E-state index contributed by atoms with van der Waals surface area (Å²) < 4.78 is 3.39. The van der Waals surface area contributed by atoms with Crippen LogP contribution in [0, 0.1) is 0 Å². The Morgan fingerprint density at radius 1 is 1.14 bits per heavy atom. The number of carbonyl (C=O) groups is 1. The number of hydrogen-bond donors (Lipinski definition) is 2. The number of hydrogen-bond acceptors (Lipinski definition) is 5. The van der Waals surface area contributed by atoms with Crippen molar-refractivity contribution in [3.8, 4) is 5.69 Å². The first-order chi connectivity index (χ1) is 14.3. The van der Waals surface area contributed by atoms with Crippen LogP contribution < -0.4 is 10.6 Å². The van der Waals surface area contributed by atoms with Gasteiger partial charge in [0.2, 0.25) is 0 Å². The SMILES string of the molecule is O=C(Nc1cc(C2CCNCC2)nn1-c1ccccc1)c1cnn2cccnc12. The molecule has 1 saturated heterocycles. The molecule has 3 aromatic heterocycles. The fraction of sp³-hybridized carbons (Fsp3) is 0.238. The molecular weight excluding hydrogens is 366 g/mol. The van der Waals surface area contributed by atoms with Gasteiger partial charge in [-0.05, 0) is 44.1 Å². The summed E-state index contributed by atoms with van der Waals surface area (Å²) in [5, 5.41) is 15.4. The van der Waals surface area contributed by atoms with Gasteiger partial charge in [0.05, 0.1) is 17.6 Å². The lowest BCUT2D eigenvalue weighted by Gasteiger charge is -2.20. The molecule has 0 unspecified atom stereocenters. The minimum Gasteiger partial charge on any atom is -0.317 e. The average molecular weight is 387 g/mol. The molecule has 1 aliphatic rings. The quantitative estimate of drug-likeness (QED) is 0.562. The second kappa shape index (κ2) is 7.48. The van der Waals surface area contributed by atoms with Gasteiger partial charge in [0.25, 0.3) is 5.91 Å². The first-order valence-corrected chi connectivity index (χ1v) is 9.75. The Morgan fingerprint density at radius 2 is 1.97 bits per heavy atom. The third kappa shape index (κ3) is 3.38. The molecule has 1 fully saturated rings. The lowest BCUT2D eigenvalue weighted by molar-refractivity contribution is 0.102. The second-order valence-electron chi connectivity index (χ2n) is 7.13. The fourth-order valence-electron chi connectivity index (χ4n) is 3.74. The Balaban J connectivity index is 1.51. The summed E-state index contributed by atoms with van der Waals surface area (Å²) in [4.78, 5) is 17.3. The van der Waals surface area contributed by atoms with Crippen molar-refractivity contribution in [3.05, 3.63) is 72.3 Å². The van der Waals surface area contributed by atoms with Crippen molar-refractivity contribution in [2.45, 2.75) is 18.8 Å². The average Bonchev–Trinajstić information content (AvgIpc) is 3.39. The third-order valence-corrected chi connectivity index (χ3v) is 5.25. The van der Waals surface area contributed by atoms with Gasteiger partial charge in [0, 0.05) is 24.4 Å². The standard InChI is InChI=1S/C21H21N7O/c29-21(17-14-24-27-12-4-9-23-20(17)27)25-19-13-18(15-7-10-22-11-8-15)26-28(19)16-5-2-1-3-6-16/h1-6,9,12-15,22H,7-8,10-11H2,(H,25,29). The predicted molar refractivity (Wildman–Crippen MR) is 109 cm³/mol. The van der Waals surface area contributed by atoms with Gasteiger partial charge in [-0.25, -0.2) is 14.2 Å². The molecule has 1 amide bonds. The molecule has 0 aliphatic carbocycles. The van der Waals surface area contributed by atoms with E-state index in [-0.39, 0.29) is 5.91 Å². The zero-order chi connectivity index (χ0) is 19.6. The van der Waals surface area contributed by atoms with E-state index < -0.39 is 0 Å². The van der Waals surface area contributed by atoms with Crippen LogP contribution in [0.3, 0.4) is 0 Å². The zero-order valence-corrected chi connectivity index (χ0v) is 15.8. The van der Waals surface area contributed by atoms with E-state index in [0.29, 0.717) is 22.9 Å². The van der Waals surface area contributed by atoms with Crippen LogP contribution in [-0.4, -0.2) is 43.4 Å². The number of fused-ring (bicyclic) bond motifs is 1. The molecule has 4 heterocycles. The Labute approximate surface area is 167 Å². The highest BCUT2D eigenvalue weighted by Crippen LogP contribution is 2.28. The zero-order valence-electron chi connectivity index (χ0n) is 15.8. The topological polar surface area (TPSA) is 89.1 Å². The molecular formula is C21H21N7O. The van der Waals surface area contributed by atoms with E-state index >= 15 is 0 Å². The van der Waals surface area contributed by atoms with Crippen LogP contribution in [0.25, 0.3) is 11.3 Å². The van der Waals surface area contributed by atoms with Gasteiger partial charge in [-0.2, -0.15) is 10.2 Å². The van der Waals surface area contributed by atoms with Crippen LogP contribution >= 0.6 is 0 Å². The molecule has 8 nitrogen and oxygen atoms in total. The molecule has 146 valence electrons. The van der Waals surface area contributed by atoms with Gasteiger partial charge in [-0.1, -0.05) is 18.2 Å².